The fraction of sp³-hybridized carbons (Fsp3) is 0.900. The molecule has 4 aliphatic carbocycles. The molecule has 0 aliphatic heterocycles. The van der Waals surface area contributed by atoms with Gasteiger partial charge in [-0.05, 0) is 82.0 Å². The van der Waals surface area contributed by atoms with Crippen molar-refractivity contribution in [3.63, 3.8) is 0 Å². The Balaban J connectivity index is 1.38. The number of hydrogen-bond donors (Lipinski definition) is 1. The standard InChI is InChI=1S/C20H34N2O2/c1-3-22(4-2)19(24)7-5-6-18(23)21-14-20-11-15-8-16(12-20)10-17(9-15)13-20/h15-17H,3-14H2,1-2H3,(H,21,23). The van der Waals surface area contributed by atoms with Gasteiger partial charge in [-0.2, -0.15) is 0 Å². The van der Waals surface area contributed by atoms with E-state index in [1.54, 1.807) is 0 Å². The first-order valence-electron chi connectivity index (χ1n) is 10.1. The molecule has 0 unspecified atom stereocenters. The number of hydrogen-bond acceptors (Lipinski definition) is 2. The van der Waals surface area contributed by atoms with Gasteiger partial charge in [0, 0.05) is 32.5 Å². The lowest BCUT2D eigenvalue weighted by Crippen LogP contribution is -2.51. The molecule has 2 amide bonds. The summed E-state index contributed by atoms with van der Waals surface area (Å²) in [6.07, 6.45) is 9.98. The molecule has 4 nitrogen and oxygen atoms in total. The number of carbonyl (C=O) groups excluding carboxylic acids is 2. The number of carbonyl (C=O) groups is 2. The van der Waals surface area contributed by atoms with Crippen LogP contribution in [0.3, 0.4) is 0 Å². The Labute approximate surface area is 146 Å². The minimum absolute atomic E-state index is 0.137. The molecule has 0 atom stereocenters. The summed E-state index contributed by atoms with van der Waals surface area (Å²) in [6, 6.07) is 0. The average Bonchev–Trinajstić information content (AvgIpc) is 2.53. The number of nitrogens with zero attached hydrogens (tertiary/aromatic N) is 1. The van der Waals surface area contributed by atoms with Crippen molar-refractivity contribution in [3.8, 4) is 0 Å². The Morgan fingerprint density at radius 2 is 1.50 bits per heavy atom. The molecule has 4 aliphatic rings. The smallest absolute Gasteiger partial charge is 0.222 e. The van der Waals surface area contributed by atoms with Crippen molar-refractivity contribution in [1.82, 2.24) is 10.2 Å². The van der Waals surface area contributed by atoms with Crippen molar-refractivity contribution >= 4 is 11.8 Å². The van der Waals surface area contributed by atoms with Gasteiger partial charge in [0.05, 0.1) is 0 Å². The topological polar surface area (TPSA) is 49.4 Å². The van der Waals surface area contributed by atoms with Gasteiger partial charge >= 0.3 is 0 Å². The summed E-state index contributed by atoms with van der Waals surface area (Å²) >= 11 is 0. The van der Waals surface area contributed by atoms with E-state index in [-0.39, 0.29) is 11.8 Å². The highest BCUT2D eigenvalue weighted by molar-refractivity contribution is 5.78. The van der Waals surface area contributed by atoms with Crippen LogP contribution in [0, 0.1) is 23.2 Å². The van der Waals surface area contributed by atoms with Crippen LogP contribution < -0.4 is 5.32 Å². The maximum Gasteiger partial charge on any atom is 0.222 e. The Morgan fingerprint density at radius 1 is 0.958 bits per heavy atom. The summed E-state index contributed by atoms with van der Waals surface area (Å²) in [5.41, 5.74) is 0.404. The van der Waals surface area contributed by atoms with Crippen molar-refractivity contribution in [2.75, 3.05) is 19.6 Å². The molecule has 0 heterocycles. The Bertz CT molecular complexity index is 435. The van der Waals surface area contributed by atoms with Gasteiger partial charge in [-0.1, -0.05) is 0 Å². The first kappa shape index (κ1) is 17.8. The molecule has 0 saturated heterocycles. The predicted molar refractivity (Wildman–Crippen MR) is 95.4 cm³/mol. The average molecular weight is 335 g/mol. The van der Waals surface area contributed by atoms with Gasteiger partial charge in [0.1, 0.15) is 0 Å². The Morgan fingerprint density at radius 3 is 2.00 bits per heavy atom. The lowest BCUT2D eigenvalue weighted by atomic mass is 9.49. The third-order valence-corrected chi connectivity index (χ3v) is 6.74. The van der Waals surface area contributed by atoms with Crippen molar-refractivity contribution in [2.24, 2.45) is 23.2 Å². The first-order valence-corrected chi connectivity index (χ1v) is 10.1. The second kappa shape index (κ2) is 7.45. The zero-order valence-corrected chi connectivity index (χ0v) is 15.5. The number of nitrogens with one attached hydrogen (secondary N) is 1. The molecule has 0 aromatic rings. The van der Waals surface area contributed by atoms with Crippen LogP contribution in [0.4, 0.5) is 0 Å². The summed E-state index contributed by atoms with van der Waals surface area (Å²) in [5.74, 6) is 3.10. The normalized spacial score (nSPS) is 33.5. The van der Waals surface area contributed by atoms with E-state index in [2.05, 4.69) is 5.32 Å². The minimum Gasteiger partial charge on any atom is -0.356 e. The van der Waals surface area contributed by atoms with Gasteiger partial charge in [0.2, 0.25) is 11.8 Å². The Kier molecular flexibility index (Phi) is 5.51. The number of rotatable bonds is 8. The molecular formula is C20H34N2O2. The van der Waals surface area contributed by atoms with E-state index in [1.807, 2.05) is 18.7 Å². The van der Waals surface area contributed by atoms with Crippen LogP contribution in [-0.4, -0.2) is 36.3 Å². The number of amides is 2. The summed E-state index contributed by atoms with van der Waals surface area (Å²) in [7, 11) is 0. The molecular weight excluding hydrogens is 300 g/mol. The van der Waals surface area contributed by atoms with Crippen LogP contribution >= 0.6 is 0 Å². The lowest BCUT2D eigenvalue weighted by Gasteiger charge is -2.56. The van der Waals surface area contributed by atoms with E-state index in [0.29, 0.717) is 24.7 Å². The molecule has 4 heteroatoms. The molecule has 24 heavy (non-hydrogen) atoms. The highest BCUT2D eigenvalue weighted by Gasteiger charge is 2.50. The van der Waals surface area contributed by atoms with E-state index >= 15 is 0 Å². The molecule has 4 saturated carbocycles. The molecule has 0 aromatic carbocycles. The zero-order valence-electron chi connectivity index (χ0n) is 15.5. The van der Waals surface area contributed by atoms with Crippen molar-refractivity contribution in [1.29, 1.82) is 0 Å². The quantitative estimate of drug-likeness (QED) is 0.740. The third kappa shape index (κ3) is 3.94. The fourth-order valence-corrected chi connectivity index (χ4v) is 6.02. The second-order valence-corrected chi connectivity index (χ2v) is 8.61. The highest BCUT2D eigenvalue weighted by Crippen LogP contribution is 2.59. The van der Waals surface area contributed by atoms with Gasteiger partial charge in [-0.15, -0.1) is 0 Å². The van der Waals surface area contributed by atoms with Crippen LogP contribution in [0.1, 0.15) is 71.6 Å². The molecule has 4 rings (SSSR count). The van der Waals surface area contributed by atoms with Crippen molar-refractivity contribution in [2.45, 2.75) is 71.6 Å². The van der Waals surface area contributed by atoms with Gasteiger partial charge in [-0.3, -0.25) is 9.59 Å². The van der Waals surface area contributed by atoms with E-state index in [0.717, 1.165) is 37.4 Å². The van der Waals surface area contributed by atoms with Gasteiger partial charge in [-0.25, -0.2) is 0 Å². The van der Waals surface area contributed by atoms with Crippen LogP contribution in [0.2, 0.25) is 0 Å². The maximum absolute atomic E-state index is 12.2. The van der Waals surface area contributed by atoms with Gasteiger partial charge in [0.15, 0.2) is 0 Å². The maximum atomic E-state index is 12.2. The van der Waals surface area contributed by atoms with E-state index in [1.165, 1.54) is 38.5 Å². The van der Waals surface area contributed by atoms with E-state index in [9.17, 15) is 9.59 Å². The monoisotopic (exact) mass is 334 g/mol. The third-order valence-electron chi connectivity index (χ3n) is 6.74. The van der Waals surface area contributed by atoms with Crippen LogP contribution in [0.25, 0.3) is 0 Å². The molecule has 4 bridgehead atoms. The summed E-state index contributed by atoms with van der Waals surface area (Å²) < 4.78 is 0. The van der Waals surface area contributed by atoms with Gasteiger partial charge in [0.25, 0.3) is 0 Å². The summed E-state index contributed by atoms with van der Waals surface area (Å²) in [4.78, 5) is 26.0. The SMILES string of the molecule is CCN(CC)C(=O)CCCC(=O)NCC12CC3CC(CC(C3)C1)C2. The second-order valence-electron chi connectivity index (χ2n) is 8.61. The zero-order chi connectivity index (χ0) is 17.2. The molecule has 136 valence electrons. The van der Waals surface area contributed by atoms with Crippen LogP contribution in [0.15, 0.2) is 0 Å². The van der Waals surface area contributed by atoms with Crippen LogP contribution in [0.5, 0.6) is 0 Å². The fourth-order valence-electron chi connectivity index (χ4n) is 6.02. The Hall–Kier alpha value is -1.06. The molecule has 0 spiro atoms. The summed E-state index contributed by atoms with van der Waals surface area (Å²) in [5, 5.41) is 3.21. The largest absolute Gasteiger partial charge is 0.356 e. The first-order chi connectivity index (χ1) is 11.5. The van der Waals surface area contributed by atoms with Crippen LogP contribution in [-0.2, 0) is 9.59 Å². The minimum atomic E-state index is 0.137. The summed E-state index contributed by atoms with van der Waals surface area (Å²) in [6.45, 7) is 6.39. The molecule has 1 N–H and O–H groups in total. The lowest BCUT2D eigenvalue weighted by molar-refractivity contribution is -0.131. The molecule has 0 aromatic heterocycles. The molecule has 0 radical (unpaired) electrons. The van der Waals surface area contributed by atoms with E-state index < -0.39 is 0 Å². The van der Waals surface area contributed by atoms with Gasteiger partial charge < -0.3 is 10.2 Å². The highest BCUT2D eigenvalue weighted by atomic mass is 16.2. The van der Waals surface area contributed by atoms with Crippen molar-refractivity contribution in [3.05, 3.63) is 0 Å². The predicted octanol–water partition coefficient (Wildman–Crippen LogP) is 3.36. The molecule has 4 fully saturated rings. The van der Waals surface area contributed by atoms with Crippen molar-refractivity contribution < 1.29 is 9.59 Å². The van der Waals surface area contributed by atoms with E-state index in [4.69, 9.17) is 0 Å².